The Hall–Kier alpha value is -1.06. The van der Waals surface area contributed by atoms with Gasteiger partial charge < -0.3 is 15.1 Å². The lowest BCUT2D eigenvalue weighted by Gasteiger charge is -2.31. The Labute approximate surface area is 117 Å². The molecule has 1 fully saturated rings. The predicted octanol–water partition coefficient (Wildman–Crippen LogP) is 2.03. The molecular weight excluding hydrogens is 234 g/mol. The van der Waals surface area contributed by atoms with Crippen molar-refractivity contribution in [1.29, 1.82) is 0 Å². The third-order valence-corrected chi connectivity index (χ3v) is 4.13. The summed E-state index contributed by atoms with van der Waals surface area (Å²) in [5.41, 5.74) is 4.15. The molecule has 1 aromatic carbocycles. The van der Waals surface area contributed by atoms with Crippen molar-refractivity contribution in [2.75, 3.05) is 45.2 Å². The molecule has 3 heteroatoms. The highest BCUT2D eigenvalue weighted by Crippen LogP contribution is 2.23. The van der Waals surface area contributed by atoms with Gasteiger partial charge >= 0.3 is 0 Å². The first-order chi connectivity index (χ1) is 9.11. The average Bonchev–Trinajstić information content (AvgIpc) is 2.53. The second-order valence-corrected chi connectivity index (χ2v) is 5.78. The standard InChI is InChI=1S/C16H27N3/c1-13-6-7-16(14(2)10-13)19-9-5-8-18(4)15(12-19)11-17-3/h6-7,10,15,17H,5,8-9,11-12H2,1-4H3. The fourth-order valence-corrected chi connectivity index (χ4v) is 3.01. The van der Waals surface area contributed by atoms with Crippen molar-refractivity contribution in [3.05, 3.63) is 29.3 Å². The maximum Gasteiger partial charge on any atom is 0.0396 e. The predicted molar refractivity (Wildman–Crippen MR) is 83.1 cm³/mol. The maximum atomic E-state index is 3.32. The molecule has 0 aromatic heterocycles. The number of nitrogens with zero attached hydrogens (tertiary/aromatic N) is 2. The minimum atomic E-state index is 0.591. The molecule has 1 aromatic rings. The summed E-state index contributed by atoms with van der Waals surface area (Å²) in [5, 5.41) is 3.32. The Kier molecular flexibility index (Phi) is 4.83. The van der Waals surface area contributed by atoms with Crippen molar-refractivity contribution in [1.82, 2.24) is 10.2 Å². The Balaban J connectivity index is 2.18. The molecule has 1 aliphatic rings. The summed E-state index contributed by atoms with van der Waals surface area (Å²) in [4.78, 5) is 5.04. The molecule has 3 nitrogen and oxygen atoms in total. The van der Waals surface area contributed by atoms with E-state index in [1.807, 2.05) is 7.05 Å². The van der Waals surface area contributed by atoms with Gasteiger partial charge in [-0.05, 0) is 52.5 Å². The number of hydrogen-bond acceptors (Lipinski definition) is 3. The molecule has 0 spiro atoms. The van der Waals surface area contributed by atoms with E-state index in [4.69, 9.17) is 0 Å². The topological polar surface area (TPSA) is 18.5 Å². The van der Waals surface area contributed by atoms with Crippen LogP contribution in [0.5, 0.6) is 0 Å². The number of likely N-dealkylation sites (N-methyl/N-ethyl adjacent to an activating group) is 2. The zero-order valence-corrected chi connectivity index (χ0v) is 12.7. The molecule has 1 saturated heterocycles. The van der Waals surface area contributed by atoms with Crippen LogP contribution >= 0.6 is 0 Å². The summed E-state index contributed by atoms with van der Waals surface area (Å²) in [6, 6.07) is 7.39. The maximum absolute atomic E-state index is 3.32. The number of hydrogen-bond donors (Lipinski definition) is 1. The van der Waals surface area contributed by atoms with Crippen molar-refractivity contribution in [2.24, 2.45) is 0 Å². The van der Waals surface area contributed by atoms with Gasteiger partial charge in [-0.15, -0.1) is 0 Å². The summed E-state index contributed by atoms with van der Waals surface area (Å²) >= 11 is 0. The molecule has 1 unspecified atom stereocenters. The normalized spacial score (nSPS) is 21.5. The largest absolute Gasteiger partial charge is 0.370 e. The molecule has 1 atom stereocenters. The monoisotopic (exact) mass is 261 g/mol. The van der Waals surface area contributed by atoms with Crippen LogP contribution < -0.4 is 10.2 Å². The number of benzene rings is 1. The van der Waals surface area contributed by atoms with E-state index in [-0.39, 0.29) is 0 Å². The van der Waals surface area contributed by atoms with Crippen LogP contribution in [0.25, 0.3) is 0 Å². The zero-order chi connectivity index (χ0) is 13.8. The highest BCUT2D eigenvalue weighted by Gasteiger charge is 2.22. The first-order valence-electron chi connectivity index (χ1n) is 7.29. The van der Waals surface area contributed by atoms with Gasteiger partial charge in [0, 0.05) is 31.4 Å². The lowest BCUT2D eigenvalue weighted by Crippen LogP contribution is -2.44. The van der Waals surface area contributed by atoms with E-state index in [1.165, 1.54) is 29.8 Å². The van der Waals surface area contributed by atoms with Gasteiger partial charge in [0.1, 0.15) is 0 Å². The van der Waals surface area contributed by atoms with Gasteiger partial charge in [0.05, 0.1) is 0 Å². The Morgan fingerprint density at radius 1 is 1.26 bits per heavy atom. The van der Waals surface area contributed by atoms with Gasteiger partial charge in [0.2, 0.25) is 0 Å². The third-order valence-electron chi connectivity index (χ3n) is 4.13. The van der Waals surface area contributed by atoms with Gasteiger partial charge in [-0.2, -0.15) is 0 Å². The van der Waals surface area contributed by atoms with E-state index in [2.05, 4.69) is 54.2 Å². The third kappa shape index (κ3) is 3.48. The van der Waals surface area contributed by atoms with Gasteiger partial charge in [-0.1, -0.05) is 17.7 Å². The SMILES string of the molecule is CNCC1CN(c2ccc(C)cc2C)CCCN1C. The molecule has 1 aliphatic heterocycles. The lowest BCUT2D eigenvalue weighted by atomic mass is 10.1. The van der Waals surface area contributed by atoms with Crippen molar-refractivity contribution in [2.45, 2.75) is 26.3 Å². The fraction of sp³-hybridized carbons (Fsp3) is 0.625. The number of rotatable bonds is 3. The Bertz CT molecular complexity index is 416. The van der Waals surface area contributed by atoms with E-state index in [1.54, 1.807) is 0 Å². The second-order valence-electron chi connectivity index (χ2n) is 5.78. The van der Waals surface area contributed by atoms with Crippen LogP contribution in [-0.2, 0) is 0 Å². The molecule has 19 heavy (non-hydrogen) atoms. The van der Waals surface area contributed by atoms with Gasteiger partial charge in [-0.25, -0.2) is 0 Å². The van der Waals surface area contributed by atoms with Crippen molar-refractivity contribution in [3.63, 3.8) is 0 Å². The van der Waals surface area contributed by atoms with Crippen LogP contribution in [0.2, 0.25) is 0 Å². The number of anilines is 1. The fourth-order valence-electron chi connectivity index (χ4n) is 3.01. The molecular formula is C16H27N3. The quantitative estimate of drug-likeness (QED) is 0.898. The van der Waals surface area contributed by atoms with E-state index in [9.17, 15) is 0 Å². The molecule has 0 saturated carbocycles. The number of aryl methyl sites for hydroxylation is 2. The molecule has 0 bridgehead atoms. The molecule has 106 valence electrons. The molecule has 0 amide bonds. The van der Waals surface area contributed by atoms with Crippen LogP contribution in [-0.4, -0.2) is 51.2 Å². The molecule has 0 radical (unpaired) electrons. The Morgan fingerprint density at radius 2 is 2.05 bits per heavy atom. The average molecular weight is 261 g/mol. The van der Waals surface area contributed by atoms with Crippen LogP contribution in [0.3, 0.4) is 0 Å². The van der Waals surface area contributed by atoms with Crippen molar-refractivity contribution >= 4 is 5.69 Å². The van der Waals surface area contributed by atoms with E-state index in [0.29, 0.717) is 6.04 Å². The van der Waals surface area contributed by atoms with E-state index >= 15 is 0 Å². The van der Waals surface area contributed by atoms with Gasteiger partial charge in [0.25, 0.3) is 0 Å². The Morgan fingerprint density at radius 3 is 2.74 bits per heavy atom. The molecule has 1 N–H and O–H groups in total. The molecule has 1 heterocycles. The molecule has 2 rings (SSSR count). The van der Waals surface area contributed by atoms with Crippen LogP contribution in [0, 0.1) is 13.8 Å². The first kappa shape index (κ1) is 14.4. The summed E-state index contributed by atoms with van der Waals surface area (Å²) in [6.45, 7) is 8.90. The van der Waals surface area contributed by atoms with Crippen LogP contribution in [0.1, 0.15) is 17.5 Å². The molecule has 0 aliphatic carbocycles. The number of nitrogens with one attached hydrogen (secondary N) is 1. The summed E-state index contributed by atoms with van der Waals surface area (Å²) in [7, 11) is 4.29. The van der Waals surface area contributed by atoms with Crippen molar-refractivity contribution in [3.8, 4) is 0 Å². The minimum Gasteiger partial charge on any atom is -0.370 e. The summed E-state index contributed by atoms with van der Waals surface area (Å²) in [6.07, 6.45) is 1.24. The lowest BCUT2D eigenvalue weighted by molar-refractivity contribution is 0.257. The van der Waals surface area contributed by atoms with Gasteiger partial charge in [-0.3, -0.25) is 0 Å². The first-order valence-corrected chi connectivity index (χ1v) is 7.29. The van der Waals surface area contributed by atoms with Crippen LogP contribution in [0.4, 0.5) is 5.69 Å². The summed E-state index contributed by atoms with van der Waals surface area (Å²) in [5.74, 6) is 0. The highest BCUT2D eigenvalue weighted by atomic mass is 15.2. The highest BCUT2D eigenvalue weighted by molar-refractivity contribution is 5.54. The van der Waals surface area contributed by atoms with E-state index < -0.39 is 0 Å². The minimum absolute atomic E-state index is 0.591. The zero-order valence-electron chi connectivity index (χ0n) is 12.7. The smallest absolute Gasteiger partial charge is 0.0396 e. The van der Waals surface area contributed by atoms with E-state index in [0.717, 1.165) is 19.6 Å². The van der Waals surface area contributed by atoms with Crippen molar-refractivity contribution < 1.29 is 0 Å². The van der Waals surface area contributed by atoms with Crippen LogP contribution in [0.15, 0.2) is 18.2 Å². The second kappa shape index (κ2) is 6.40. The summed E-state index contributed by atoms with van der Waals surface area (Å²) < 4.78 is 0. The van der Waals surface area contributed by atoms with Gasteiger partial charge in [0.15, 0.2) is 0 Å².